The smallest absolute Gasteiger partial charge is 0.143 e. The van der Waals surface area contributed by atoms with Crippen LogP contribution < -0.4 is 0 Å². The van der Waals surface area contributed by atoms with Gasteiger partial charge in [0.15, 0.2) is 0 Å². The van der Waals surface area contributed by atoms with Gasteiger partial charge in [0.1, 0.15) is 11.2 Å². The van der Waals surface area contributed by atoms with Crippen molar-refractivity contribution in [2.24, 2.45) is 0 Å². The Bertz CT molecular complexity index is 4240. The average Bonchev–Trinajstić information content (AvgIpc) is 3.98. The zero-order chi connectivity index (χ0) is 46.1. The van der Waals surface area contributed by atoms with Gasteiger partial charge in [0.25, 0.3) is 0 Å². The van der Waals surface area contributed by atoms with E-state index in [1.165, 1.54) is 65.7 Å². The molecule has 2 heterocycles. The first kappa shape index (κ1) is 39.9. The summed E-state index contributed by atoms with van der Waals surface area (Å²) in [6.45, 7) is 0. The maximum Gasteiger partial charge on any atom is 0.143 e. The number of hydrogen-bond donors (Lipinski definition) is 0. The minimum absolute atomic E-state index is 0.882. The van der Waals surface area contributed by atoms with E-state index in [9.17, 15) is 0 Å². The van der Waals surface area contributed by atoms with Crippen LogP contribution in [-0.4, -0.2) is 4.57 Å². The average molecular weight is 890 g/mol. The number of para-hydroxylation sites is 1. The molecular weight excluding hydrogens is 847 g/mol. The van der Waals surface area contributed by atoms with Crippen molar-refractivity contribution >= 4 is 65.3 Å². The van der Waals surface area contributed by atoms with Crippen LogP contribution in [-0.2, 0) is 0 Å². The molecule has 2 heteroatoms. The summed E-state index contributed by atoms with van der Waals surface area (Å²) in [6.07, 6.45) is 0. The Labute approximate surface area is 405 Å². The predicted octanol–water partition coefficient (Wildman–Crippen LogP) is 19.0. The molecule has 0 spiro atoms. The maximum atomic E-state index is 7.20. The van der Waals surface area contributed by atoms with Crippen LogP contribution in [0.4, 0.5) is 0 Å². The molecule has 0 aliphatic rings. The molecular formula is C68H43NO. The van der Waals surface area contributed by atoms with Gasteiger partial charge in [-0.05, 0) is 132 Å². The number of hydrogen-bond acceptors (Lipinski definition) is 1. The van der Waals surface area contributed by atoms with Crippen molar-refractivity contribution in [2.45, 2.75) is 0 Å². The molecule has 0 N–H and O–H groups in total. The van der Waals surface area contributed by atoms with Gasteiger partial charge in [0.05, 0.1) is 11.0 Å². The first-order valence-corrected chi connectivity index (χ1v) is 24.1. The Morgan fingerprint density at radius 2 is 0.600 bits per heavy atom. The van der Waals surface area contributed by atoms with Gasteiger partial charge < -0.3 is 8.98 Å². The monoisotopic (exact) mass is 889 g/mol. The zero-order valence-electron chi connectivity index (χ0n) is 38.2. The van der Waals surface area contributed by atoms with Gasteiger partial charge in [-0.2, -0.15) is 0 Å². The highest BCUT2D eigenvalue weighted by molar-refractivity contribution is 6.22. The van der Waals surface area contributed by atoms with Crippen molar-refractivity contribution in [1.82, 2.24) is 4.57 Å². The standard InChI is InChI=1S/C68H43NO/c1-5-19-44(20-6-1)50-40-58(46-23-9-3-10-24-46)67-61(42-50)62-43-51(45-21-7-2-8-22-45)41-59(68(62)70-67)49-35-38-64-60(39-49)53-27-17-18-32-63(53)69(64)52-36-33-48(34-37-52)66-56-30-15-13-28-54(56)65(47-25-11-4-12-26-47)55-29-14-16-31-57(55)66/h1-43H. The first-order valence-electron chi connectivity index (χ1n) is 24.1. The van der Waals surface area contributed by atoms with Crippen LogP contribution in [0.15, 0.2) is 265 Å². The lowest BCUT2D eigenvalue weighted by Gasteiger charge is -2.18. The van der Waals surface area contributed by atoms with E-state index in [0.29, 0.717) is 0 Å². The molecule has 2 nitrogen and oxygen atoms in total. The summed E-state index contributed by atoms with van der Waals surface area (Å²) < 4.78 is 9.62. The minimum Gasteiger partial charge on any atom is -0.455 e. The molecule has 0 unspecified atom stereocenters. The summed E-state index contributed by atoms with van der Waals surface area (Å²) in [6, 6.07) is 94.8. The minimum atomic E-state index is 0.882. The molecule has 14 rings (SSSR count). The molecule has 0 atom stereocenters. The van der Waals surface area contributed by atoms with Gasteiger partial charge >= 0.3 is 0 Å². The van der Waals surface area contributed by atoms with E-state index in [2.05, 4.69) is 265 Å². The lowest BCUT2D eigenvalue weighted by molar-refractivity contribution is 0.671. The highest BCUT2D eigenvalue weighted by atomic mass is 16.3. The van der Waals surface area contributed by atoms with Gasteiger partial charge in [-0.1, -0.05) is 206 Å². The van der Waals surface area contributed by atoms with E-state index in [1.54, 1.807) is 0 Å². The summed E-state index contributed by atoms with van der Waals surface area (Å²) in [5.41, 5.74) is 19.2. The van der Waals surface area contributed by atoms with Crippen LogP contribution in [0, 0.1) is 0 Å². The Hall–Kier alpha value is -9.24. The third kappa shape index (κ3) is 6.42. The number of nitrogens with zero attached hydrogens (tertiary/aromatic N) is 1. The molecule has 0 saturated heterocycles. The molecule has 2 aromatic heterocycles. The number of rotatable bonds is 7. The van der Waals surface area contributed by atoms with E-state index >= 15 is 0 Å². The quantitative estimate of drug-likeness (QED) is 0.146. The summed E-state index contributed by atoms with van der Waals surface area (Å²) in [4.78, 5) is 0. The molecule has 0 aliphatic carbocycles. The SMILES string of the molecule is c1ccc(-c2cc(-c3ccccc3)c3oc4c(-c5ccc6c(c5)c5ccccc5n6-c5ccc(-c6c7ccccc7c(-c7ccccc7)c7ccccc67)cc5)cc(-c5ccccc5)cc4c3c2)cc1. The van der Waals surface area contributed by atoms with Gasteiger partial charge in [-0.3, -0.25) is 0 Å². The second-order valence-electron chi connectivity index (χ2n) is 18.3. The van der Waals surface area contributed by atoms with Gasteiger partial charge in [-0.25, -0.2) is 0 Å². The van der Waals surface area contributed by atoms with Gasteiger partial charge in [0, 0.05) is 38.4 Å². The van der Waals surface area contributed by atoms with Crippen molar-refractivity contribution in [3.63, 3.8) is 0 Å². The fraction of sp³-hybridized carbons (Fsp3) is 0. The van der Waals surface area contributed by atoms with Crippen molar-refractivity contribution in [1.29, 1.82) is 0 Å². The van der Waals surface area contributed by atoms with E-state index in [-0.39, 0.29) is 0 Å². The molecule has 0 fully saturated rings. The molecule has 0 radical (unpaired) electrons. The fourth-order valence-corrected chi connectivity index (χ4v) is 11.2. The predicted molar refractivity (Wildman–Crippen MR) is 296 cm³/mol. The molecule has 0 saturated carbocycles. The topological polar surface area (TPSA) is 18.1 Å². The van der Waals surface area contributed by atoms with E-state index in [4.69, 9.17) is 4.42 Å². The van der Waals surface area contributed by atoms with Gasteiger partial charge in [0.2, 0.25) is 0 Å². The maximum absolute atomic E-state index is 7.20. The van der Waals surface area contributed by atoms with Crippen molar-refractivity contribution < 1.29 is 4.42 Å². The fourth-order valence-electron chi connectivity index (χ4n) is 11.2. The van der Waals surface area contributed by atoms with Crippen LogP contribution in [0.5, 0.6) is 0 Å². The molecule has 0 bridgehead atoms. The van der Waals surface area contributed by atoms with Crippen LogP contribution in [0.1, 0.15) is 0 Å². The highest BCUT2D eigenvalue weighted by Gasteiger charge is 2.22. The normalized spacial score (nSPS) is 11.7. The zero-order valence-corrected chi connectivity index (χ0v) is 38.2. The van der Waals surface area contributed by atoms with Crippen LogP contribution in [0.3, 0.4) is 0 Å². The first-order chi connectivity index (χ1) is 34.7. The van der Waals surface area contributed by atoms with Crippen molar-refractivity contribution in [2.75, 3.05) is 0 Å². The van der Waals surface area contributed by atoms with Crippen molar-refractivity contribution in [3.8, 4) is 72.4 Å². The molecule has 14 aromatic rings. The van der Waals surface area contributed by atoms with Crippen LogP contribution in [0.25, 0.3) is 138 Å². The van der Waals surface area contributed by atoms with Gasteiger partial charge in [-0.15, -0.1) is 0 Å². The van der Waals surface area contributed by atoms with Crippen molar-refractivity contribution in [3.05, 3.63) is 261 Å². The molecule has 12 aromatic carbocycles. The highest BCUT2D eigenvalue weighted by Crippen LogP contribution is 2.47. The second kappa shape index (κ2) is 16.2. The van der Waals surface area contributed by atoms with Crippen LogP contribution >= 0.6 is 0 Å². The third-order valence-corrected chi connectivity index (χ3v) is 14.4. The Morgan fingerprint density at radius 3 is 1.11 bits per heavy atom. The van der Waals surface area contributed by atoms with E-state index in [1.807, 2.05) is 0 Å². The summed E-state index contributed by atoms with van der Waals surface area (Å²) in [5, 5.41) is 9.61. The van der Waals surface area contributed by atoms with Crippen LogP contribution in [0.2, 0.25) is 0 Å². The summed E-state index contributed by atoms with van der Waals surface area (Å²) >= 11 is 0. The second-order valence-corrected chi connectivity index (χ2v) is 18.3. The Kier molecular flexibility index (Phi) is 9.25. The molecule has 326 valence electrons. The van der Waals surface area contributed by atoms with E-state index in [0.717, 1.165) is 72.1 Å². The number of fused-ring (bicyclic) bond motifs is 8. The molecule has 0 aliphatic heterocycles. The Balaban J connectivity index is 0.951. The van der Waals surface area contributed by atoms with E-state index < -0.39 is 0 Å². The lowest BCUT2D eigenvalue weighted by Crippen LogP contribution is -1.94. The molecule has 70 heavy (non-hydrogen) atoms. The third-order valence-electron chi connectivity index (χ3n) is 14.4. The Morgan fingerprint density at radius 1 is 0.229 bits per heavy atom. The number of aromatic nitrogens is 1. The summed E-state index contributed by atoms with van der Waals surface area (Å²) in [5.74, 6) is 0. The number of furan rings is 1. The largest absolute Gasteiger partial charge is 0.455 e. The lowest BCUT2D eigenvalue weighted by atomic mass is 9.86. The molecule has 0 amide bonds. The summed E-state index contributed by atoms with van der Waals surface area (Å²) in [7, 11) is 0. The number of benzene rings is 12.